The van der Waals surface area contributed by atoms with E-state index in [1.54, 1.807) is 0 Å². The molecule has 0 unspecified atom stereocenters. The summed E-state index contributed by atoms with van der Waals surface area (Å²) < 4.78 is 13.6. The molecule has 0 radical (unpaired) electrons. The molecule has 4 heteroatoms. The lowest BCUT2D eigenvalue weighted by atomic mass is 9.97. The number of anilines is 6. The molecule has 0 amide bonds. The van der Waals surface area contributed by atoms with E-state index in [4.69, 9.17) is 8.83 Å². The highest BCUT2D eigenvalue weighted by atomic mass is 16.3. The Kier molecular flexibility index (Phi) is 10.5. The lowest BCUT2D eigenvalue weighted by molar-refractivity contribution is 0.669. The Morgan fingerprint density at radius 3 is 0.825 bits per heavy atom. The Balaban J connectivity index is 0.817. The third-order valence-electron chi connectivity index (χ3n) is 16.2. The summed E-state index contributed by atoms with van der Waals surface area (Å²) in [6, 6.07) is 105. The predicted molar refractivity (Wildman–Crippen MR) is 337 cm³/mol. The van der Waals surface area contributed by atoms with Gasteiger partial charge in [-0.15, -0.1) is 0 Å². The van der Waals surface area contributed by atoms with E-state index in [9.17, 15) is 0 Å². The SMILES string of the molecule is c1ccc(-c2ccc(N(c3ccc(-c4ccc(N(c5ccc(-c6ccccc6)cc5)c5cc6oc7ccc8ccccc8c7c6c6ccccc56)cc4)cc3)c3cc4oc5ccc6ccccc6c5c4c4ccccc34)cc2)cc1. The molecule has 16 aromatic rings. The van der Waals surface area contributed by atoms with Gasteiger partial charge in [-0.25, -0.2) is 0 Å². The van der Waals surface area contributed by atoms with Gasteiger partial charge in [-0.1, -0.05) is 218 Å². The van der Waals surface area contributed by atoms with Crippen molar-refractivity contribution in [3.63, 3.8) is 0 Å². The van der Waals surface area contributed by atoms with Crippen molar-refractivity contribution in [2.75, 3.05) is 9.80 Å². The van der Waals surface area contributed by atoms with Gasteiger partial charge >= 0.3 is 0 Å². The highest BCUT2D eigenvalue weighted by Crippen LogP contribution is 2.49. The van der Waals surface area contributed by atoms with E-state index < -0.39 is 0 Å². The largest absolute Gasteiger partial charge is 0.456 e. The lowest BCUT2D eigenvalue weighted by Gasteiger charge is -2.28. The molecule has 0 fully saturated rings. The molecule has 0 N–H and O–H groups in total. The molecule has 0 saturated carbocycles. The molecule has 2 aromatic heterocycles. The van der Waals surface area contributed by atoms with Crippen molar-refractivity contribution >= 4 is 121 Å². The summed E-state index contributed by atoms with van der Waals surface area (Å²) in [4.78, 5) is 4.75. The standard InChI is InChI=1S/C76H48N2O2/c1-3-15-49(16-4-1)51-27-37-57(38-28-51)77(67-47-71-75(65-25-13-11-23-63(65)67)73-61-21-9-7-19-55(61)35-45-69(73)79-71)59-41-31-53(32-42-59)54-33-43-60(44-34-54)78(58-39-29-52(30-40-58)50-17-5-2-6-18-50)68-48-72-76(66-26-14-12-24-64(66)68)74-62-22-10-8-20-56(62)36-46-70(74)80-72/h1-48H. The second-order valence-electron chi connectivity index (χ2n) is 20.7. The van der Waals surface area contributed by atoms with Crippen molar-refractivity contribution in [1.29, 1.82) is 0 Å². The average molecular weight is 1020 g/mol. The highest BCUT2D eigenvalue weighted by molar-refractivity contribution is 6.30. The molecule has 0 aliphatic carbocycles. The highest BCUT2D eigenvalue weighted by Gasteiger charge is 2.24. The number of benzene rings is 14. The van der Waals surface area contributed by atoms with Crippen LogP contribution in [0.1, 0.15) is 0 Å². The Hall–Kier alpha value is -10.7. The van der Waals surface area contributed by atoms with E-state index in [1.165, 1.54) is 32.7 Å². The van der Waals surface area contributed by atoms with Crippen molar-refractivity contribution in [3.8, 4) is 33.4 Å². The van der Waals surface area contributed by atoms with Crippen molar-refractivity contribution in [3.05, 3.63) is 291 Å². The molecule has 0 saturated heterocycles. The fourth-order valence-electron chi connectivity index (χ4n) is 12.5. The van der Waals surface area contributed by atoms with Gasteiger partial charge < -0.3 is 18.6 Å². The van der Waals surface area contributed by atoms with E-state index in [1.807, 2.05) is 0 Å². The topological polar surface area (TPSA) is 32.8 Å². The zero-order chi connectivity index (χ0) is 52.7. The van der Waals surface area contributed by atoms with Gasteiger partial charge in [0.25, 0.3) is 0 Å². The van der Waals surface area contributed by atoms with Crippen LogP contribution in [0, 0.1) is 0 Å². The number of hydrogen-bond donors (Lipinski definition) is 0. The van der Waals surface area contributed by atoms with Gasteiger partial charge in [0.05, 0.1) is 11.4 Å². The molecule has 0 aliphatic heterocycles. The number of fused-ring (bicyclic) bond motifs is 14. The van der Waals surface area contributed by atoms with Crippen molar-refractivity contribution < 1.29 is 8.83 Å². The van der Waals surface area contributed by atoms with E-state index >= 15 is 0 Å². The second kappa shape index (κ2) is 18.5. The van der Waals surface area contributed by atoms with Gasteiger partial charge in [-0.3, -0.25) is 0 Å². The zero-order valence-corrected chi connectivity index (χ0v) is 43.4. The smallest absolute Gasteiger partial charge is 0.138 e. The molecule has 0 spiro atoms. The van der Waals surface area contributed by atoms with Crippen LogP contribution in [0.5, 0.6) is 0 Å². The lowest BCUT2D eigenvalue weighted by Crippen LogP contribution is -2.11. The maximum Gasteiger partial charge on any atom is 0.138 e. The van der Waals surface area contributed by atoms with Crippen molar-refractivity contribution in [1.82, 2.24) is 0 Å². The van der Waals surface area contributed by atoms with Gasteiger partial charge in [-0.05, 0) is 126 Å². The average Bonchev–Trinajstić information content (AvgIpc) is 4.30. The number of rotatable bonds is 9. The summed E-state index contributed by atoms with van der Waals surface area (Å²) >= 11 is 0. The Morgan fingerprint density at radius 1 is 0.200 bits per heavy atom. The van der Waals surface area contributed by atoms with E-state index in [2.05, 4.69) is 301 Å². The van der Waals surface area contributed by atoms with E-state index in [-0.39, 0.29) is 0 Å². The normalized spacial score (nSPS) is 11.8. The van der Waals surface area contributed by atoms with Crippen LogP contribution < -0.4 is 9.80 Å². The monoisotopic (exact) mass is 1020 g/mol. The fourth-order valence-corrected chi connectivity index (χ4v) is 12.5. The third kappa shape index (κ3) is 7.45. The maximum atomic E-state index is 6.82. The molecule has 0 atom stereocenters. The first-order chi connectivity index (χ1) is 39.7. The van der Waals surface area contributed by atoms with Crippen LogP contribution in [0.3, 0.4) is 0 Å². The van der Waals surface area contributed by atoms with Gasteiger partial charge in [0.15, 0.2) is 0 Å². The first kappa shape index (κ1) is 45.5. The van der Waals surface area contributed by atoms with Gasteiger partial charge in [0.1, 0.15) is 22.3 Å². The Labute approximate surface area is 461 Å². The molecule has 80 heavy (non-hydrogen) atoms. The minimum atomic E-state index is 0.855. The Morgan fingerprint density at radius 2 is 0.475 bits per heavy atom. The first-order valence-corrected chi connectivity index (χ1v) is 27.3. The van der Waals surface area contributed by atoms with Crippen LogP contribution in [0.4, 0.5) is 34.1 Å². The predicted octanol–water partition coefficient (Wildman–Crippen LogP) is 22.0. The van der Waals surface area contributed by atoms with Crippen LogP contribution >= 0.6 is 0 Å². The molecule has 16 rings (SSSR count). The first-order valence-electron chi connectivity index (χ1n) is 27.3. The van der Waals surface area contributed by atoms with Crippen LogP contribution in [0.2, 0.25) is 0 Å². The summed E-state index contributed by atoms with van der Waals surface area (Å²) in [5.74, 6) is 0. The summed E-state index contributed by atoms with van der Waals surface area (Å²) in [5.41, 5.74) is 16.6. The van der Waals surface area contributed by atoms with E-state index in [0.717, 1.165) is 122 Å². The zero-order valence-electron chi connectivity index (χ0n) is 43.4. The fraction of sp³-hybridized carbons (Fsp3) is 0. The van der Waals surface area contributed by atoms with Crippen LogP contribution in [-0.4, -0.2) is 0 Å². The molecular weight excluding hydrogens is 973 g/mol. The number of furan rings is 2. The van der Waals surface area contributed by atoms with Crippen LogP contribution in [0.15, 0.2) is 300 Å². The summed E-state index contributed by atoms with van der Waals surface area (Å²) in [5, 5.41) is 13.9. The van der Waals surface area contributed by atoms with Crippen LogP contribution in [0.25, 0.3) is 120 Å². The molecule has 0 bridgehead atoms. The molecule has 4 nitrogen and oxygen atoms in total. The minimum absolute atomic E-state index is 0.855. The molecule has 2 heterocycles. The van der Waals surface area contributed by atoms with Gasteiger partial charge in [-0.2, -0.15) is 0 Å². The molecule has 374 valence electrons. The Bertz CT molecular complexity index is 4700. The second-order valence-corrected chi connectivity index (χ2v) is 20.7. The summed E-state index contributed by atoms with van der Waals surface area (Å²) in [6.45, 7) is 0. The van der Waals surface area contributed by atoms with Crippen LogP contribution in [-0.2, 0) is 0 Å². The molecule has 0 aliphatic rings. The number of nitrogens with zero attached hydrogens (tertiary/aromatic N) is 2. The van der Waals surface area contributed by atoms with Gasteiger partial charge in [0.2, 0.25) is 0 Å². The number of hydrogen-bond acceptors (Lipinski definition) is 4. The molecule has 14 aromatic carbocycles. The summed E-state index contributed by atoms with van der Waals surface area (Å²) in [7, 11) is 0. The maximum absolute atomic E-state index is 6.82. The van der Waals surface area contributed by atoms with Crippen molar-refractivity contribution in [2.24, 2.45) is 0 Å². The molecular formula is C76H48N2O2. The quantitative estimate of drug-likeness (QED) is 0.144. The van der Waals surface area contributed by atoms with Crippen molar-refractivity contribution in [2.45, 2.75) is 0 Å². The third-order valence-corrected chi connectivity index (χ3v) is 16.2. The minimum Gasteiger partial charge on any atom is -0.456 e. The van der Waals surface area contributed by atoms with E-state index in [0.29, 0.717) is 0 Å². The van der Waals surface area contributed by atoms with Gasteiger partial charge in [0, 0.05) is 67.2 Å². The summed E-state index contributed by atoms with van der Waals surface area (Å²) in [6.07, 6.45) is 0.